The molecule has 0 radical (unpaired) electrons. The van der Waals surface area contributed by atoms with Gasteiger partial charge in [-0.3, -0.25) is 28.1 Å². The van der Waals surface area contributed by atoms with Gasteiger partial charge in [0.05, 0.1) is 20.1 Å². The molecule has 2 aromatic heterocycles. The zero-order valence-electron chi connectivity index (χ0n) is 23.9. The molecule has 1 saturated heterocycles. The summed E-state index contributed by atoms with van der Waals surface area (Å²) < 4.78 is 10.1. The van der Waals surface area contributed by atoms with Crippen molar-refractivity contribution >= 4 is 22.9 Å². The zero-order valence-corrected chi connectivity index (χ0v) is 23.9. The molecule has 2 aliphatic carbocycles. The number of hydroxylamine groups is 2. The third-order valence-corrected chi connectivity index (χ3v) is 8.56. The lowest BCUT2D eigenvalue weighted by atomic mass is 9.91. The van der Waals surface area contributed by atoms with Crippen LogP contribution in [0.4, 0.5) is 0 Å². The Hall–Kier alpha value is -3.93. The average Bonchev–Trinajstić information content (AvgIpc) is 3.93. The number of carboxylic acids is 1. The smallest absolute Gasteiger partial charge is 0.332 e. The van der Waals surface area contributed by atoms with Crippen molar-refractivity contribution in [1.29, 1.82) is 0 Å². The molecule has 0 amide bonds. The zero-order chi connectivity index (χ0) is 29.4. The molecule has 12 heteroatoms. The highest BCUT2D eigenvalue weighted by Gasteiger charge is 2.32. The van der Waals surface area contributed by atoms with E-state index in [2.05, 4.69) is 0 Å². The molecule has 0 unspecified atom stereocenters. The van der Waals surface area contributed by atoms with Gasteiger partial charge in [0.15, 0.2) is 11.2 Å². The summed E-state index contributed by atoms with van der Waals surface area (Å²) in [7, 11) is 1.61. The molecular formula is C30H37N5O7. The number of Topliss-reactive ketones (excluding diaryl/α,β-unsaturated/α-hetero) is 1. The number of ketones is 1. The van der Waals surface area contributed by atoms with E-state index in [0.29, 0.717) is 68.6 Å². The Morgan fingerprint density at radius 1 is 0.905 bits per heavy atom. The van der Waals surface area contributed by atoms with E-state index >= 15 is 0 Å². The van der Waals surface area contributed by atoms with Gasteiger partial charge in [0.25, 0.3) is 5.56 Å². The van der Waals surface area contributed by atoms with Crippen molar-refractivity contribution in [2.45, 2.75) is 71.0 Å². The summed E-state index contributed by atoms with van der Waals surface area (Å²) in [4.78, 5) is 62.0. The number of carbonyl (C=O) groups excluding carboxylic acids is 1. The standard InChI is InChI=1S/C30H37N5O7/c1-41-23-8-6-21(7-9-23)16-33-26-27(34(17-19-2-3-19)30(40)35(28(26)39)18-20-4-5-20)31-29(33)42-32-14-12-22(13-15-32)24(36)10-11-25(37)38/h6-9,19-20,22H,2-5,10-18H2,1H3,(H,37,38). The molecule has 224 valence electrons. The Kier molecular flexibility index (Phi) is 7.89. The Bertz CT molecular complexity index is 1590. The van der Waals surface area contributed by atoms with Crippen LogP contribution in [0.5, 0.6) is 11.8 Å². The number of carboxylic acid groups (broad SMARTS) is 1. The SMILES string of the molecule is COc1ccc(Cn2c(ON3CCC(C(=O)CCC(=O)O)CC3)nc3c2c(=O)n(CC2CC2)c(=O)n3CC2CC2)cc1. The first-order chi connectivity index (χ1) is 20.3. The lowest BCUT2D eigenvalue weighted by Crippen LogP contribution is -2.41. The molecule has 2 saturated carbocycles. The molecule has 0 spiro atoms. The summed E-state index contributed by atoms with van der Waals surface area (Å²) in [6.45, 7) is 2.14. The summed E-state index contributed by atoms with van der Waals surface area (Å²) in [5, 5.41) is 10.6. The quantitative estimate of drug-likeness (QED) is 0.324. The van der Waals surface area contributed by atoms with Crippen molar-refractivity contribution in [3.63, 3.8) is 0 Å². The van der Waals surface area contributed by atoms with Gasteiger partial charge in [-0.05, 0) is 68.1 Å². The van der Waals surface area contributed by atoms with Gasteiger partial charge in [-0.2, -0.15) is 4.98 Å². The number of rotatable bonds is 13. The number of hydrogen-bond donors (Lipinski definition) is 1. The minimum Gasteiger partial charge on any atom is -0.497 e. The van der Waals surface area contributed by atoms with E-state index in [0.717, 1.165) is 37.0 Å². The first-order valence-electron chi connectivity index (χ1n) is 14.8. The van der Waals surface area contributed by atoms with E-state index in [1.807, 2.05) is 24.3 Å². The Labute approximate surface area is 242 Å². The topological polar surface area (TPSA) is 138 Å². The van der Waals surface area contributed by atoms with Crippen LogP contribution < -0.4 is 20.8 Å². The van der Waals surface area contributed by atoms with Crippen molar-refractivity contribution in [2.75, 3.05) is 20.2 Å². The number of aliphatic carboxylic acids is 1. The Morgan fingerprint density at radius 3 is 2.14 bits per heavy atom. The molecule has 0 bridgehead atoms. The number of fused-ring (bicyclic) bond motifs is 1. The maximum absolute atomic E-state index is 13.9. The highest BCUT2D eigenvalue weighted by molar-refractivity contribution is 5.84. The molecular weight excluding hydrogens is 542 g/mol. The number of methoxy groups -OCH3 is 1. The fraction of sp³-hybridized carbons (Fsp3) is 0.567. The van der Waals surface area contributed by atoms with Gasteiger partial charge in [0.1, 0.15) is 11.5 Å². The van der Waals surface area contributed by atoms with Crippen LogP contribution in [0, 0.1) is 17.8 Å². The van der Waals surface area contributed by atoms with Crippen molar-refractivity contribution in [2.24, 2.45) is 17.8 Å². The number of nitrogens with zero attached hydrogens (tertiary/aromatic N) is 5. The predicted octanol–water partition coefficient (Wildman–Crippen LogP) is 2.68. The molecule has 3 aromatic rings. The molecule has 1 aromatic carbocycles. The summed E-state index contributed by atoms with van der Waals surface area (Å²) >= 11 is 0. The number of piperidine rings is 1. The van der Waals surface area contributed by atoms with Gasteiger partial charge in [-0.15, -0.1) is 5.06 Å². The van der Waals surface area contributed by atoms with Gasteiger partial charge in [0.2, 0.25) is 0 Å². The van der Waals surface area contributed by atoms with Crippen LogP contribution in [0.3, 0.4) is 0 Å². The van der Waals surface area contributed by atoms with Crippen molar-refractivity contribution in [3.05, 3.63) is 50.7 Å². The summed E-state index contributed by atoms with van der Waals surface area (Å²) in [6.07, 6.45) is 5.07. The minimum absolute atomic E-state index is 0.0319. The molecule has 1 N–H and O–H groups in total. The molecule has 12 nitrogen and oxygen atoms in total. The summed E-state index contributed by atoms with van der Waals surface area (Å²) in [5.41, 5.74) is 0.933. The van der Waals surface area contributed by atoms with Crippen LogP contribution in [0.1, 0.15) is 56.9 Å². The fourth-order valence-corrected chi connectivity index (χ4v) is 5.66. The maximum atomic E-state index is 13.9. The molecule has 3 fully saturated rings. The van der Waals surface area contributed by atoms with Gasteiger partial charge >= 0.3 is 17.7 Å². The molecule has 3 aliphatic rings. The molecule has 1 aliphatic heterocycles. The first-order valence-corrected chi connectivity index (χ1v) is 14.8. The number of imidazole rings is 1. The normalized spacial score (nSPS) is 17.9. The number of benzene rings is 1. The lowest BCUT2D eigenvalue weighted by molar-refractivity contribution is -0.140. The minimum atomic E-state index is -0.976. The number of carbonyl (C=O) groups is 2. The first kappa shape index (κ1) is 28.2. The van der Waals surface area contributed by atoms with Crippen LogP contribution in [0.2, 0.25) is 0 Å². The van der Waals surface area contributed by atoms with Crippen molar-refractivity contribution < 1.29 is 24.3 Å². The second kappa shape index (κ2) is 11.7. The van der Waals surface area contributed by atoms with Crippen molar-refractivity contribution in [3.8, 4) is 11.8 Å². The van der Waals surface area contributed by atoms with Crippen LogP contribution in [0.15, 0.2) is 33.9 Å². The van der Waals surface area contributed by atoms with E-state index < -0.39 is 5.97 Å². The number of hydrogen-bond acceptors (Lipinski definition) is 8. The van der Waals surface area contributed by atoms with Gasteiger partial charge in [0, 0.05) is 38.5 Å². The molecule has 6 rings (SSSR count). The van der Waals surface area contributed by atoms with Gasteiger partial charge in [-0.25, -0.2) is 4.79 Å². The highest BCUT2D eigenvalue weighted by atomic mass is 16.7. The van der Waals surface area contributed by atoms with Crippen molar-refractivity contribution in [1.82, 2.24) is 23.7 Å². The second-order valence-corrected chi connectivity index (χ2v) is 11.9. The maximum Gasteiger partial charge on any atom is 0.332 e. The molecule has 0 atom stereocenters. The Morgan fingerprint density at radius 2 is 1.55 bits per heavy atom. The van der Waals surface area contributed by atoms with E-state index in [1.54, 1.807) is 21.3 Å². The number of aromatic nitrogens is 4. The number of ether oxygens (including phenoxy) is 1. The van der Waals surface area contributed by atoms with Crippen LogP contribution in [-0.4, -0.2) is 60.8 Å². The van der Waals surface area contributed by atoms with Crippen LogP contribution >= 0.6 is 0 Å². The summed E-state index contributed by atoms with van der Waals surface area (Å²) in [6, 6.07) is 7.78. The highest BCUT2D eigenvalue weighted by Crippen LogP contribution is 2.33. The van der Waals surface area contributed by atoms with E-state index in [4.69, 9.17) is 19.7 Å². The van der Waals surface area contributed by atoms with E-state index in [-0.39, 0.29) is 41.8 Å². The monoisotopic (exact) mass is 579 g/mol. The van der Waals surface area contributed by atoms with Crippen LogP contribution in [-0.2, 0) is 29.2 Å². The molecule has 3 heterocycles. The predicted molar refractivity (Wildman–Crippen MR) is 153 cm³/mol. The fourth-order valence-electron chi connectivity index (χ4n) is 5.66. The third kappa shape index (κ3) is 6.13. The molecule has 42 heavy (non-hydrogen) atoms. The average molecular weight is 580 g/mol. The largest absolute Gasteiger partial charge is 0.497 e. The van der Waals surface area contributed by atoms with Gasteiger partial charge in [-0.1, -0.05) is 12.1 Å². The Balaban J connectivity index is 1.34. The van der Waals surface area contributed by atoms with Crippen LogP contribution in [0.25, 0.3) is 11.2 Å². The van der Waals surface area contributed by atoms with E-state index in [9.17, 15) is 19.2 Å². The van der Waals surface area contributed by atoms with E-state index in [1.165, 1.54) is 4.57 Å². The van der Waals surface area contributed by atoms with Gasteiger partial charge < -0.3 is 14.7 Å². The second-order valence-electron chi connectivity index (χ2n) is 11.9. The summed E-state index contributed by atoms with van der Waals surface area (Å²) in [5.74, 6) is 0.236. The lowest BCUT2D eigenvalue weighted by Gasteiger charge is -2.30. The third-order valence-electron chi connectivity index (χ3n) is 8.56.